The van der Waals surface area contributed by atoms with Gasteiger partial charge in [-0.05, 0) is 12.1 Å². The first kappa shape index (κ1) is 11.8. The average molecular weight is 249 g/mol. The van der Waals surface area contributed by atoms with Gasteiger partial charge in [0, 0.05) is 0 Å². The molecule has 0 unspecified atom stereocenters. The molecule has 7 heteroatoms. The fourth-order valence-corrected chi connectivity index (χ4v) is 1.31. The maximum atomic E-state index is 13.3. The maximum absolute atomic E-state index is 13.3. The van der Waals surface area contributed by atoms with Crippen molar-refractivity contribution in [3.8, 4) is 11.6 Å². The first-order valence-corrected chi connectivity index (χ1v) is 4.90. The number of halogens is 1. The van der Waals surface area contributed by atoms with Crippen molar-refractivity contribution in [1.29, 1.82) is 0 Å². The third-order valence-corrected chi connectivity index (χ3v) is 2.07. The number of benzene rings is 1. The molecule has 1 aromatic carbocycles. The van der Waals surface area contributed by atoms with E-state index in [-0.39, 0.29) is 23.1 Å². The van der Waals surface area contributed by atoms with E-state index in [0.717, 1.165) is 12.1 Å². The van der Waals surface area contributed by atoms with Crippen LogP contribution in [0.5, 0.6) is 11.6 Å². The van der Waals surface area contributed by atoms with Crippen molar-refractivity contribution >= 4 is 11.5 Å². The van der Waals surface area contributed by atoms with Gasteiger partial charge in [-0.3, -0.25) is 10.1 Å². The molecule has 2 rings (SSSR count). The highest BCUT2D eigenvalue weighted by molar-refractivity contribution is 5.46. The number of nitrogens with zero attached hydrogens (tertiary/aromatic N) is 2. The Hall–Kier alpha value is -2.70. The summed E-state index contributed by atoms with van der Waals surface area (Å²) in [5.74, 6) is -0.878. The Kier molecular flexibility index (Phi) is 3.05. The third kappa shape index (κ3) is 2.51. The van der Waals surface area contributed by atoms with Crippen molar-refractivity contribution in [2.45, 2.75) is 0 Å². The van der Waals surface area contributed by atoms with Crippen LogP contribution in [0.15, 0.2) is 36.4 Å². The van der Waals surface area contributed by atoms with Gasteiger partial charge in [0.25, 0.3) is 5.69 Å². The van der Waals surface area contributed by atoms with Crippen molar-refractivity contribution in [2.75, 3.05) is 5.73 Å². The number of anilines is 1. The molecule has 0 saturated carbocycles. The second-order valence-electron chi connectivity index (χ2n) is 3.38. The van der Waals surface area contributed by atoms with Crippen molar-refractivity contribution < 1.29 is 14.1 Å². The van der Waals surface area contributed by atoms with Gasteiger partial charge >= 0.3 is 0 Å². The molecule has 0 aliphatic heterocycles. The zero-order valence-corrected chi connectivity index (χ0v) is 9.04. The standard InChI is InChI=1S/C11H8FN3O3/c12-8-3-1-2-4-9(8)18-11-6-7(15(16)17)5-10(13)14-11/h1-6H,(H2,13,14). The monoisotopic (exact) mass is 249 g/mol. The molecule has 6 nitrogen and oxygen atoms in total. The predicted octanol–water partition coefficient (Wildman–Crippen LogP) is 2.50. The number of nitro groups is 1. The maximum Gasteiger partial charge on any atom is 0.278 e. The van der Waals surface area contributed by atoms with Crippen LogP contribution >= 0.6 is 0 Å². The minimum Gasteiger partial charge on any atom is -0.436 e. The van der Waals surface area contributed by atoms with E-state index in [9.17, 15) is 14.5 Å². The lowest BCUT2D eigenvalue weighted by Gasteiger charge is -2.05. The number of nitrogen functional groups attached to an aromatic ring is 1. The molecule has 2 aromatic rings. The summed E-state index contributed by atoms with van der Waals surface area (Å²) < 4.78 is 18.4. The number of nitrogens with two attached hydrogens (primary N) is 1. The van der Waals surface area contributed by atoms with Crippen LogP contribution in [0.25, 0.3) is 0 Å². The quantitative estimate of drug-likeness (QED) is 0.666. The van der Waals surface area contributed by atoms with Crippen LogP contribution in [0.3, 0.4) is 0 Å². The fourth-order valence-electron chi connectivity index (χ4n) is 1.31. The van der Waals surface area contributed by atoms with Crippen LogP contribution in [-0.2, 0) is 0 Å². The topological polar surface area (TPSA) is 91.3 Å². The van der Waals surface area contributed by atoms with Crippen LogP contribution in [0.4, 0.5) is 15.9 Å². The molecule has 0 radical (unpaired) electrons. The molecule has 1 heterocycles. The van der Waals surface area contributed by atoms with E-state index in [2.05, 4.69) is 4.98 Å². The summed E-state index contributed by atoms with van der Waals surface area (Å²) >= 11 is 0. The average Bonchev–Trinajstić information content (AvgIpc) is 2.31. The molecule has 2 N–H and O–H groups in total. The van der Waals surface area contributed by atoms with E-state index in [1.807, 2.05) is 0 Å². The highest BCUT2D eigenvalue weighted by Crippen LogP contribution is 2.26. The molecule has 0 aliphatic rings. The van der Waals surface area contributed by atoms with Crippen LogP contribution in [0.2, 0.25) is 0 Å². The first-order valence-electron chi connectivity index (χ1n) is 4.90. The van der Waals surface area contributed by atoms with Gasteiger partial charge in [0.2, 0.25) is 5.88 Å². The molecule has 0 bridgehead atoms. The summed E-state index contributed by atoms with van der Waals surface area (Å²) in [5, 5.41) is 10.6. The molecule has 0 fully saturated rings. The van der Waals surface area contributed by atoms with Crippen molar-refractivity contribution in [3.05, 3.63) is 52.3 Å². The minimum absolute atomic E-state index is 0.0736. The Morgan fingerprint density at radius 1 is 1.33 bits per heavy atom. The van der Waals surface area contributed by atoms with Crippen molar-refractivity contribution in [1.82, 2.24) is 4.98 Å². The normalized spacial score (nSPS) is 10.1. The zero-order valence-electron chi connectivity index (χ0n) is 9.04. The lowest BCUT2D eigenvalue weighted by atomic mass is 10.3. The number of para-hydroxylation sites is 1. The molecule has 0 spiro atoms. The summed E-state index contributed by atoms with van der Waals surface area (Å²) in [6.07, 6.45) is 0. The molecule has 0 atom stereocenters. The SMILES string of the molecule is Nc1cc([N+](=O)[O-])cc(Oc2ccccc2F)n1. The van der Waals surface area contributed by atoms with Gasteiger partial charge < -0.3 is 10.5 Å². The molecule has 1 aromatic heterocycles. The molecule has 0 saturated heterocycles. The summed E-state index contributed by atoms with van der Waals surface area (Å²) in [5.41, 5.74) is 5.13. The third-order valence-electron chi connectivity index (χ3n) is 2.07. The minimum atomic E-state index is -0.633. The molecule has 0 aliphatic carbocycles. The smallest absolute Gasteiger partial charge is 0.278 e. The van der Waals surface area contributed by atoms with Gasteiger partial charge in [-0.1, -0.05) is 12.1 Å². The largest absolute Gasteiger partial charge is 0.436 e. The van der Waals surface area contributed by atoms with Gasteiger partial charge in [-0.15, -0.1) is 0 Å². The lowest BCUT2D eigenvalue weighted by molar-refractivity contribution is -0.384. The molecule has 0 amide bonds. The van der Waals surface area contributed by atoms with Gasteiger partial charge in [0.1, 0.15) is 5.82 Å². The van der Waals surface area contributed by atoms with Crippen molar-refractivity contribution in [2.24, 2.45) is 0 Å². The van der Waals surface area contributed by atoms with E-state index in [0.29, 0.717) is 0 Å². The Bertz CT molecular complexity index is 604. The van der Waals surface area contributed by atoms with Gasteiger partial charge in [-0.2, -0.15) is 4.98 Å². The van der Waals surface area contributed by atoms with Crippen LogP contribution in [0, 0.1) is 15.9 Å². The van der Waals surface area contributed by atoms with Gasteiger partial charge in [0.15, 0.2) is 11.6 Å². The van der Waals surface area contributed by atoms with Crippen LogP contribution < -0.4 is 10.5 Å². The highest BCUT2D eigenvalue weighted by atomic mass is 19.1. The highest BCUT2D eigenvalue weighted by Gasteiger charge is 2.12. The van der Waals surface area contributed by atoms with E-state index in [1.54, 1.807) is 6.07 Å². The Balaban J connectivity index is 2.35. The Morgan fingerprint density at radius 3 is 2.72 bits per heavy atom. The Morgan fingerprint density at radius 2 is 2.06 bits per heavy atom. The number of hydrogen-bond acceptors (Lipinski definition) is 5. The summed E-state index contributed by atoms with van der Waals surface area (Å²) in [7, 11) is 0. The van der Waals surface area contributed by atoms with E-state index in [1.165, 1.54) is 18.2 Å². The van der Waals surface area contributed by atoms with Crippen LogP contribution in [0.1, 0.15) is 0 Å². The molecular weight excluding hydrogens is 241 g/mol. The Labute approximate surface area is 101 Å². The summed E-state index contributed by atoms with van der Waals surface area (Å²) in [6, 6.07) is 7.82. The number of rotatable bonds is 3. The van der Waals surface area contributed by atoms with Gasteiger partial charge in [-0.25, -0.2) is 4.39 Å². The number of hydrogen-bond donors (Lipinski definition) is 1. The van der Waals surface area contributed by atoms with Gasteiger partial charge in [0.05, 0.1) is 17.1 Å². The molecule has 18 heavy (non-hydrogen) atoms. The number of ether oxygens (including phenoxy) is 1. The predicted molar refractivity (Wildman–Crippen MR) is 61.8 cm³/mol. The number of pyridine rings is 1. The van der Waals surface area contributed by atoms with E-state index < -0.39 is 10.7 Å². The molecule has 92 valence electrons. The number of aromatic nitrogens is 1. The zero-order chi connectivity index (χ0) is 13.1. The van der Waals surface area contributed by atoms with E-state index in [4.69, 9.17) is 10.5 Å². The fraction of sp³-hybridized carbons (Fsp3) is 0. The summed E-state index contributed by atoms with van der Waals surface area (Å²) in [6.45, 7) is 0. The second-order valence-corrected chi connectivity index (χ2v) is 3.38. The van der Waals surface area contributed by atoms with Crippen molar-refractivity contribution in [3.63, 3.8) is 0 Å². The second kappa shape index (κ2) is 4.66. The van der Waals surface area contributed by atoms with Crippen LogP contribution in [-0.4, -0.2) is 9.91 Å². The lowest BCUT2D eigenvalue weighted by Crippen LogP contribution is -1.98. The van der Waals surface area contributed by atoms with E-state index >= 15 is 0 Å². The summed E-state index contributed by atoms with van der Waals surface area (Å²) in [4.78, 5) is 13.7. The first-order chi connectivity index (χ1) is 8.56. The molecular formula is C11H8FN3O3.